The van der Waals surface area contributed by atoms with Crippen molar-refractivity contribution in [1.29, 1.82) is 0 Å². The number of carbonyl (C=O) groups is 1. The Morgan fingerprint density at radius 1 is 1.29 bits per heavy atom. The summed E-state index contributed by atoms with van der Waals surface area (Å²) >= 11 is 0. The van der Waals surface area contributed by atoms with Crippen molar-refractivity contribution in [2.75, 3.05) is 13.1 Å². The quantitative estimate of drug-likeness (QED) is 0.580. The first-order chi connectivity index (χ1) is 11.2. The highest BCUT2D eigenvalue weighted by Crippen LogP contribution is 2.14. The molecular formula is C16H28FN3O4. The molecule has 7 nitrogen and oxygen atoms in total. The van der Waals surface area contributed by atoms with Gasteiger partial charge in [-0.3, -0.25) is 0 Å². The van der Waals surface area contributed by atoms with E-state index in [-0.39, 0.29) is 24.0 Å². The summed E-state index contributed by atoms with van der Waals surface area (Å²) in [7, 11) is 0. The van der Waals surface area contributed by atoms with E-state index < -0.39 is 5.82 Å². The van der Waals surface area contributed by atoms with Crippen LogP contribution in [0.1, 0.15) is 39.2 Å². The lowest BCUT2D eigenvalue weighted by Gasteiger charge is -2.23. The maximum absolute atomic E-state index is 12.6. The van der Waals surface area contributed by atoms with Gasteiger partial charge in [0.15, 0.2) is 0 Å². The molecule has 1 heterocycles. The summed E-state index contributed by atoms with van der Waals surface area (Å²) in [5.74, 6) is 2.97. The van der Waals surface area contributed by atoms with E-state index in [4.69, 9.17) is 20.8 Å². The number of carbonyl (C=O) groups excluding carboxylic acids is 1. The number of nitrogens with zero attached hydrogens (tertiary/aromatic N) is 1. The molecule has 1 amide bonds. The van der Waals surface area contributed by atoms with Crippen LogP contribution in [0.2, 0.25) is 0 Å². The number of hydrogen-bond acceptors (Lipinski definition) is 6. The van der Waals surface area contributed by atoms with Crippen molar-refractivity contribution in [3.8, 4) is 5.75 Å². The maximum Gasteiger partial charge on any atom is 0.410 e. The first-order valence-electron chi connectivity index (χ1n) is 7.64. The van der Waals surface area contributed by atoms with E-state index in [1.807, 2.05) is 20.8 Å². The second-order valence-electron chi connectivity index (χ2n) is 6.15. The molecular weight excluding hydrogens is 317 g/mol. The summed E-state index contributed by atoms with van der Waals surface area (Å²) in [6.45, 7) is 7.54. The number of likely N-dealkylation sites (tertiary alicyclic amines) is 1. The lowest BCUT2D eigenvalue weighted by atomic mass is 10.2. The van der Waals surface area contributed by atoms with E-state index >= 15 is 0 Å². The Hall–Kier alpha value is -1.90. The smallest absolute Gasteiger partial charge is 0.410 e. The van der Waals surface area contributed by atoms with Gasteiger partial charge >= 0.3 is 6.09 Å². The Kier molecular flexibility index (Phi) is 9.94. The van der Waals surface area contributed by atoms with Crippen LogP contribution in [0.3, 0.4) is 0 Å². The topological polar surface area (TPSA) is 122 Å². The molecule has 1 saturated heterocycles. The van der Waals surface area contributed by atoms with Crippen molar-refractivity contribution in [2.24, 2.45) is 11.6 Å². The van der Waals surface area contributed by atoms with Crippen LogP contribution < -0.4 is 11.6 Å². The lowest BCUT2D eigenvalue weighted by Crippen LogP contribution is -2.34. The van der Waals surface area contributed by atoms with E-state index in [0.29, 0.717) is 5.56 Å². The van der Waals surface area contributed by atoms with Gasteiger partial charge in [0.25, 0.3) is 0 Å². The third kappa shape index (κ3) is 8.66. The molecule has 0 saturated carbocycles. The average molecular weight is 345 g/mol. The van der Waals surface area contributed by atoms with Crippen LogP contribution in [0.4, 0.5) is 9.18 Å². The van der Waals surface area contributed by atoms with E-state index in [0.717, 1.165) is 32.0 Å². The van der Waals surface area contributed by atoms with Crippen LogP contribution in [0.25, 0.3) is 0 Å². The van der Waals surface area contributed by atoms with Crippen molar-refractivity contribution >= 4 is 6.09 Å². The van der Waals surface area contributed by atoms with Gasteiger partial charge in [-0.15, -0.1) is 0 Å². The van der Waals surface area contributed by atoms with Gasteiger partial charge in [-0.05, 0) is 39.7 Å². The summed E-state index contributed by atoms with van der Waals surface area (Å²) in [5.41, 5.74) is 5.23. The summed E-state index contributed by atoms with van der Waals surface area (Å²) < 4.78 is 17.8. The number of hydrogen-bond donors (Lipinski definition) is 4. The van der Waals surface area contributed by atoms with E-state index in [1.54, 1.807) is 4.90 Å². The SMILES string of the molecule is CC(C)(C)OC(=O)N1CCCC1.NCc1ccc(O)cc1F.NO. The van der Waals surface area contributed by atoms with Crippen LogP contribution in [0.15, 0.2) is 18.2 Å². The third-order valence-corrected chi connectivity index (χ3v) is 3.01. The van der Waals surface area contributed by atoms with Gasteiger partial charge in [0.05, 0.1) is 0 Å². The van der Waals surface area contributed by atoms with E-state index in [2.05, 4.69) is 5.90 Å². The fourth-order valence-corrected chi connectivity index (χ4v) is 1.93. The minimum absolute atomic E-state index is 0.0744. The maximum atomic E-state index is 12.6. The Labute approximate surface area is 142 Å². The second-order valence-corrected chi connectivity index (χ2v) is 6.15. The molecule has 24 heavy (non-hydrogen) atoms. The Balaban J connectivity index is 0.000000405. The van der Waals surface area contributed by atoms with Crippen LogP contribution >= 0.6 is 0 Å². The van der Waals surface area contributed by atoms with Crippen molar-refractivity contribution < 1.29 is 24.2 Å². The van der Waals surface area contributed by atoms with Crippen LogP contribution in [-0.4, -0.2) is 40.0 Å². The molecule has 0 atom stereocenters. The van der Waals surface area contributed by atoms with Gasteiger partial charge in [-0.25, -0.2) is 15.1 Å². The van der Waals surface area contributed by atoms with Crippen LogP contribution in [-0.2, 0) is 11.3 Å². The highest BCUT2D eigenvalue weighted by Gasteiger charge is 2.23. The number of amides is 1. The van der Waals surface area contributed by atoms with Crippen molar-refractivity contribution in [2.45, 2.75) is 45.8 Å². The monoisotopic (exact) mass is 345 g/mol. The molecule has 0 spiro atoms. The van der Waals surface area contributed by atoms with Gasteiger partial charge in [-0.1, -0.05) is 6.07 Å². The molecule has 1 aliphatic rings. The molecule has 1 aromatic carbocycles. The number of phenols is 1. The van der Waals surface area contributed by atoms with Gasteiger partial charge in [0, 0.05) is 31.3 Å². The molecule has 2 rings (SSSR count). The first-order valence-corrected chi connectivity index (χ1v) is 7.64. The Morgan fingerprint density at radius 2 is 1.83 bits per heavy atom. The molecule has 0 aliphatic carbocycles. The molecule has 1 fully saturated rings. The van der Waals surface area contributed by atoms with E-state index in [1.165, 1.54) is 12.1 Å². The molecule has 8 heteroatoms. The molecule has 0 radical (unpaired) electrons. The Bertz CT molecular complexity index is 501. The zero-order valence-electron chi connectivity index (χ0n) is 14.5. The first kappa shape index (κ1) is 22.1. The van der Waals surface area contributed by atoms with Crippen LogP contribution in [0.5, 0.6) is 5.75 Å². The van der Waals surface area contributed by atoms with Crippen molar-refractivity contribution in [3.05, 3.63) is 29.6 Å². The molecule has 0 bridgehead atoms. The number of benzene rings is 1. The van der Waals surface area contributed by atoms with Gasteiger partial charge in [-0.2, -0.15) is 0 Å². The molecule has 138 valence electrons. The number of aromatic hydroxyl groups is 1. The standard InChI is InChI=1S/C9H17NO2.C7H8FNO.H3NO/c1-9(2,3)12-8(11)10-6-4-5-7-10;8-7-3-6(10)2-1-5(7)4-9;1-2/h4-7H2,1-3H3;1-3,10H,4,9H2;2H,1H2. The molecule has 1 aliphatic heterocycles. The zero-order chi connectivity index (χ0) is 18.8. The molecule has 1 aromatic rings. The number of halogens is 1. The number of ether oxygens (including phenoxy) is 1. The highest BCUT2D eigenvalue weighted by molar-refractivity contribution is 5.68. The number of phenolic OH excluding ortho intramolecular Hbond substituents is 1. The fourth-order valence-electron chi connectivity index (χ4n) is 1.93. The minimum Gasteiger partial charge on any atom is -0.508 e. The average Bonchev–Trinajstić information content (AvgIpc) is 3.03. The third-order valence-electron chi connectivity index (χ3n) is 3.01. The minimum atomic E-state index is -0.456. The summed E-state index contributed by atoms with van der Waals surface area (Å²) in [4.78, 5) is 13.1. The number of nitrogens with two attached hydrogens (primary N) is 2. The fraction of sp³-hybridized carbons (Fsp3) is 0.562. The zero-order valence-corrected chi connectivity index (χ0v) is 14.5. The van der Waals surface area contributed by atoms with Gasteiger partial charge in [0.1, 0.15) is 17.2 Å². The van der Waals surface area contributed by atoms with Gasteiger partial charge in [0.2, 0.25) is 0 Å². The number of rotatable bonds is 1. The summed E-state index contributed by atoms with van der Waals surface area (Å²) in [5, 5.41) is 15.3. The van der Waals surface area contributed by atoms with E-state index in [9.17, 15) is 9.18 Å². The van der Waals surface area contributed by atoms with Gasteiger partial charge < -0.3 is 25.7 Å². The predicted molar refractivity (Wildman–Crippen MR) is 89.0 cm³/mol. The Morgan fingerprint density at radius 3 is 2.25 bits per heavy atom. The lowest BCUT2D eigenvalue weighted by molar-refractivity contribution is 0.0295. The van der Waals surface area contributed by atoms with Crippen LogP contribution in [0, 0.1) is 5.82 Å². The summed E-state index contributed by atoms with van der Waals surface area (Å²) in [6, 6.07) is 3.91. The predicted octanol–water partition coefficient (Wildman–Crippen LogP) is 2.34. The largest absolute Gasteiger partial charge is 0.508 e. The molecule has 0 aromatic heterocycles. The van der Waals surface area contributed by atoms with Crippen molar-refractivity contribution in [3.63, 3.8) is 0 Å². The second kappa shape index (κ2) is 10.8. The normalized spacial score (nSPS) is 13.4. The summed E-state index contributed by atoms with van der Waals surface area (Å²) in [6.07, 6.45) is 2.05. The molecule has 6 N–H and O–H groups in total. The molecule has 0 unspecified atom stereocenters. The van der Waals surface area contributed by atoms with Crippen molar-refractivity contribution in [1.82, 2.24) is 4.90 Å². The highest BCUT2D eigenvalue weighted by atomic mass is 19.1.